The summed E-state index contributed by atoms with van der Waals surface area (Å²) in [6.45, 7) is 0. The second-order valence-electron chi connectivity index (χ2n) is 4.03. The van der Waals surface area contributed by atoms with Gasteiger partial charge in [0, 0.05) is 22.4 Å². The Morgan fingerprint density at radius 1 is 1.26 bits per heavy atom. The highest BCUT2D eigenvalue weighted by Gasteiger charge is 2.13. The van der Waals surface area contributed by atoms with Gasteiger partial charge in [-0.2, -0.15) is 11.3 Å². The van der Waals surface area contributed by atoms with E-state index in [9.17, 15) is 14.3 Å². The molecule has 0 atom stereocenters. The molecule has 0 aliphatic carbocycles. The number of rotatable bonds is 2. The molecule has 0 bridgehead atoms. The van der Waals surface area contributed by atoms with Crippen molar-refractivity contribution in [1.29, 1.82) is 0 Å². The summed E-state index contributed by atoms with van der Waals surface area (Å²) in [5, 5.41) is 13.4. The molecule has 3 nitrogen and oxygen atoms in total. The highest BCUT2D eigenvalue weighted by Crippen LogP contribution is 2.26. The first kappa shape index (κ1) is 11.8. The van der Waals surface area contributed by atoms with Crippen LogP contribution in [-0.4, -0.2) is 16.1 Å². The van der Waals surface area contributed by atoms with Crippen LogP contribution in [0, 0.1) is 5.82 Å². The molecule has 0 aliphatic heterocycles. The highest BCUT2D eigenvalue weighted by atomic mass is 32.1. The fraction of sp³-hybridized carbons (Fsp3) is 0. The van der Waals surface area contributed by atoms with Crippen LogP contribution in [0.25, 0.3) is 22.2 Å². The van der Waals surface area contributed by atoms with Gasteiger partial charge in [0.15, 0.2) is 0 Å². The van der Waals surface area contributed by atoms with Gasteiger partial charge in [-0.05, 0) is 29.6 Å². The number of carboxylic acids is 1. The predicted molar refractivity (Wildman–Crippen MR) is 72.0 cm³/mol. The third-order valence-corrected chi connectivity index (χ3v) is 3.50. The Morgan fingerprint density at radius 3 is 2.79 bits per heavy atom. The first-order valence-electron chi connectivity index (χ1n) is 5.51. The number of aromatic carboxylic acids is 1. The molecule has 0 fully saturated rings. The Morgan fingerprint density at radius 2 is 2.11 bits per heavy atom. The zero-order chi connectivity index (χ0) is 13.4. The zero-order valence-electron chi connectivity index (χ0n) is 9.63. The molecule has 2 heterocycles. The molecule has 0 aliphatic rings. The van der Waals surface area contributed by atoms with E-state index in [-0.39, 0.29) is 5.56 Å². The first-order chi connectivity index (χ1) is 9.15. The molecule has 1 N–H and O–H groups in total. The van der Waals surface area contributed by atoms with Gasteiger partial charge < -0.3 is 5.11 Å². The maximum absolute atomic E-state index is 13.3. The average molecular weight is 273 g/mol. The van der Waals surface area contributed by atoms with Crippen molar-refractivity contribution in [2.75, 3.05) is 0 Å². The lowest BCUT2D eigenvalue weighted by Crippen LogP contribution is -2.00. The number of carbonyl (C=O) groups is 1. The van der Waals surface area contributed by atoms with Gasteiger partial charge in [0.25, 0.3) is 0 Å². The highest BCUT2D eigenvalue weighted by molar-refractivity contribution is 7.08. The smallest absolute Gasteiger partial charge is 0.336 e. The van der Waals surface area contributed by atoms with E-state index >= 15 is 0 Å². The van der Waals surface area contributed by atoms with Crippen LogP contribution < -0.4 is 0 Å². The van der Waals surface area contributed by atoms with Crippen LogP contribution in [0.3, 0.4) is 0 Å². The molecule has 19 heavy (non-hydrogen) atoms. The molecular formula is C14H8FNO2S. The number of hydrogen-bond donors (Lipinski definition) is 1. The fourth-order valence-corrected chi connectivity index (χ4v) is 2.59. The minimum atomic E-state index is -1.05. The lowest BCUT2D eigenvalue weighted by atomic mass is 10.1. The SMILES string of the molecule is O=C(O)c1cc(-c2ccsc2)nc2cc(F)ccc12. The molecule has 0 amide bonds. The third kappa shape index (κ3) is 2.08. The van der Waals surface area contributed by atoms with Crippen LogP contribution in [0.15, 0.2) is 41.1 Å². The molecular weight excluding hydrogens is 265 g/mol. The maximum atomic E-state index is 13.3. The molecule has 0 radical (unpaired) electrons. The summed E-state index contributed by atoms with van der Waals surface area (Å²) in [5.74, 6) is -1.48. The number of nitrogens with zero attached hydrogens (tertiary/aromatic N) is 1. The molecule has 0 unspecified atom stereocenters. The molecule has 0 spiro atoms. The van der Waals surface area contributed by atoms with Crippen molar-refractivity contribution in [2.24, 2.45) is 0 Å². The fourth-order valence-electron chi connectivity index (χ4n) is 1.94. The van der Waals surface area contributed by atoms with Crippen LogP contribution >= 0.6 is 11.3 Å². The summed E-state index contributed by atoms with van der Waals surface area (Å²) in [6, 6.07) is 7.30. The second kappa shape index (κ2) is 4.44. The summed E-state index contributed by atoms with van der Waals surface area (Å²) in [4.78, 5) is 15.6. The number of halogens is 1. The van der Waals surface area contributed by atoms with E-state index in [1.54, 1.807) is 0 Å². The zero-order valence-corrected chi connectivity index (χ0v) is 10.4. The van der Waals surface area contributed by atoms with E-state index in [0.717, 1.165) is 5.56 Å². The second-order valence-corrected chi connectivity index (χ2v) is 4.81. The Kier molecular flexibility index (Phi) is 2.76. The van der Waals surface area contributed by atoms with E-state index in [4.69, 9.17) is 0 Å². The quantitative estimate of drug-likeness (QED) is 0.772. The number of carboxylic acid groups (broad SMARTS) is 1. The van der Waals surface area contributed by atoms with Gasteiger partial charge in [-0.25, -0.2) is 14.2 Å². The lowest BCUT2D eigenvalue weighted by Gasteiger charge is -2.06. The van der Waals surface area contributed by atoms with Gasteiger partial charge in [-0.3, -0.25) is 0 Å². The van der Waals surface area contributed by atoms with Crippen molar-refractivity contribution in [3.8, 4) is 11.3 Å². The number of fused-ring (bicyclic) bond motifs is 1. The average Bonchev–Trinajstić information content (AvgIpc) is 2.90. The first-order valence-corrected chi connectivity index (χ1v) is 6.45. The molecule has 3 aromatic rings. The number of benzene rings is 1. The van der Waals surface area contributed by atoms with Gasteiger partial charge in [-0.15, -0.1) is 0 Å². The molecule has 94 valence electrons. The normalized spacial score (nSPS) is 10.8. The Bertz CT molecular complexity index is 768. The van der Waals surface area contributed by atoms with Gasteiger partial charge in [0.1, 0.15) is 5.82 Å². The summed E-state index contributed by atoms with van der Waals surface area (Å²) < 4.78 is 13.3. The van der Waals surface area contributed by atoms with Crippen molar-refractivity contribution in [1.82, 2.24) is 4.98 Å². The van der Waals surface area contributed by atoms with Crippen molar-refractivity contribution >= 4 is 28.2 Å². The Hall–Kier alpha value is -2.27. The molecule has 2 aromatic heterocycles. The van der Waals surface area contributed by atoms with Crippen molar-refractivity contribution in [2.45, 2.75) is 0 Å². The van der Waals surface area contributed by atoms with Gasteiger partial charge in [0.05, 0.1) is 16.8 Å². The summed E-state index contributed by atoms with van der Waals surface area (Å²) in [6.07, 6.45) is 0. The van der Waals surface area contributed by atoms with E-state index < -0.39 is 11.8 Å². The standard InChI is InChI=1S/C14H8FNO2S/c15-9-1-2-10-11(14(17)18)6-12(16-13(10)5-9)8-3-4-19-7-8/h1-7H,(H,17,18). The summed E-state index contributed by atoms with van der Waals surface area (Å²) in [7, 11) is 0. The number of aromatic nitrogens is 1. The number of hydrogen-bond acceptors (Lipinski definition) is 3. The maximum Gasteiger partial charge on any atom is 0.336 e. The molecule has 3 rings (SSSR count). The van der Waals surface area contributed by atoms with Crippen LogP contribution in [0.4, 0.5) is 4.39 Å². The summed E-state index contributed by atoms with van der Waals surface area (Å²) >= 11 is 1.50. The van der Waals surface area contributed by atoms with Gasteiger partial charge >= 0.3 is 5.97 Å². The monoisotopic (exact) mass is 273 g/mol. The minimum Gasteiger partial charge on any atom is -0.478 e. The lowest BCUT2D eigenvalue weighted by molar-refractivity contribution is 0.0699. The Labute approximate surface area is 112 Å². The van der Waals surface area contributed by atoms with Gasteiger partial charge in [0.2, 0.25) is 0 Å². The van der Waals surface area contributed by atoms with Crippen LogP contribution in [0.1, 0.15) is 10.4 Å². The van der Waals surface area contributed by atoms with E-state index in [0.29, 0.717) is 16.6 Å². The van der Waals surface area contributed by atoms with E-state index in [1.807, 2.05) is 16.8 Å². The molecule has 0 saturated carbocycles. The minimum absolute atomic E-state index is 0.131. The van der Waals surface area contributed by atoms with Crippen LogP contribution in [0.5, 0.6) is 0 Å². The summed E-state index contributed by atoms with van der Waals surface area (Å²) in [5.41, 5.74) is 1.85. The molecule has 0 saturated heterocycles. The van der Waals surface area contributed by atoms with E-state index in [2.05, 4.69) is 4.98 Å². The van der Waals surface area contributed by atoms with Crippen LogP contribution in [0.2, 0.25) is 0 Å². The van der Waals surface area contributed by atoms with Crippen molar-refractivity contribution < 1.29 is 14.3 Å². The largest absolute Gasteiger partial charge is 0.478 e. The Balaban J connectivity index is 2.34. The van der Waals surface area contributed by atoms with E-state index in [1.165, 1.54) is 35.6 Å². The molecule has 1 aromatic carbocycles. The van der Waals surface area contributed by atoms with Crippen molar-refractivity contribution in [3.05, 3.63) is 52.5 Å². The molecule has 5 heteroatoms. The van der Waals surface area contributed by atoms with Gasteiger partial charge in [-0.1, -0.05) is 0 Å². The topological polar surface area (TPSA) is 50.2 Å². The number of thiophene rings is 1. The third-order valence-electron chi connectivity index (χ3n) is 2.82. The van der Waals surface area contributed by atoms with Crippen molar-refractivity contribution in [3.63, 3.8) is 0 Å². The number of pyridine rings is 1. The predicted octanol–water partition coefficient (Wildman–Crippen LogP) is 3.80. The van der Waals surface area contributed by atoms with Crippen LogP contribution in [-0.2, 0) is 0 Å².